The molecular formula is C11H19Br. The fourth-order valence-electron chi connectivity index (χ4n) is 3.18. The lowest BCUT2D eigenvalue weighted by atomic mass is 9.63. The van der Waals surface area contributed by atoms with E-state index in [9.17, 15) is 0 Å². The van der Waals surface area contributed by atoms with Crippen molar-refractivity contribution in [2.24, 2.45) is 17.8 Å². The van der Waals surface area contributed by atoms with E-state index in [4.69, 9.17) is 0 Å². The van der Waals surface area contributed by atoms with Crippen LogP contribution in [0, 0.1) is 17.8 Å². The maximum Gasteiger partial charge on any atom is 0.0174 e. The van der Waals surface area contributed by atoms with Gasteiger partial charge in [-0.1, -0.05) is 35.7 Å². The number of hydrogen-bond donors (Lipinski definition) is 0. The second-order valence-electron chi connectivity index (χ2n) is 4.60. The van der Waals surface area contributed by atoms with Crippen LogP contribution in [0.3, 0.4) is 0 Å². The minimum absolute atomic E-state index is 0.811. The normalized spacial score (nSPS) is 43.0. The molecule has 70 valence electrons. The number of fused-ring (bicyclic) bond motifs is 3. The second kappa shape index (κ2) is 3.69. The van der Waals surface area contributed by atoms with Gasteiger partial charge in [0.2, 0.25) is 0 Å². The minimum Gasteiger partial charge on any atom is -0.0888 e. The van der Waals surface area contributed by atoms with E-state index in [-0.39, 0.29) is 0 Å². The third-order valence-electron chi connectivity index (χ3n) is 3.96. The van der Waals surface area contributed by atoms with E-state index in [1.165, 1.54) is 38.5 Å². The van der Waals surface area contributed by atoms with Crippen LogP contribution in [0.4, 0.5) is 0 Å². The van der Waals surface area contributed by atoms with E-state index in [0.717, 1.165) is 22.6 Å². The molecule has 12 heavy (non-hydrogen) atoms. The molecule has 3 rings (SSSR count). The van der Waals surface area contributed by atoms with Crippen LogP contribution in [-0.4, -0.2) is 4.83 Å². The largest absolute Gasteiger partial charge is 0.0888 e. The van der Waals surface area contributed by atoms with Crippen LogP contribution in [0.25, 0.3) is 0 Å². The number of alkyl halides is 1. The first-order chi connectivity index (χ1) is 5.81. The van der Waals surface area contributed by atoms with Crippen LogP contribution in [0.1, 0.15) is 45.4 Å². The molecule has 0 radical (unpaired) electrons. The smallest absolute Gasteiger partial charge is 0.0174 e. The second-order valence-corrected chi connectivity index (χ2v) is 5.78. The Morgan fingerprint density at radius 3 is 2.33 bits per heavy atom. The quantitative estimate of drug-likeness (QED) is 0.630. The van der Waals surface area contributed by atoms with E-state index in [1.54, 1.807) is 0 Å². The molecule has 1 heteroatoms. The summed E-state index contributed by atoms with van der Waals surface area (Å²) in [5.41, 5.74) is 0. The maximum atomic E-state index is 3.84. The minimum atomic E-state index is 0.811. The van der Waals surface area contributed by atoms with Crippen LogP contribution >= 0.6 is 15.9 Å². The Balaban J connectivity index is 1.99. The van der Waals surface area contributed by atoms with Crippen LogP contribution < -0.4 is 0 Å². The Morgan fingerprint density at radius 2 is 1.92 bits per heavy atom. The highest BCUT2D eigenvalue weighted by Gasteiger charge is 2.37. The van der Waals surface area contributed by atoms with Crippen LogP contribution in [0.15, 0.2) is 0 Å². The summed E-state index contributed by atoms with van der Waals surface area (Å²) in [5.74, 6) is 3.17. The van der Waals surface area contributed by atoms with E-state index in [0.29, 0.717) is 0 Å². The Morgan fingerprint density at radius 1 is 1.25 bits per heavy atom. The summed E-state index contributed by atoms with van der Waals surface area (Å²) in [6.07, 6.45) is 8.95. The van der Waals surface area contributed by atoms with Gasteiger partial charge in [0.15, 0.2) is 0 Å². The Kier molecular flexibility index (Phi) is 2.78. The predicted molar refractivity (Wildman–Crippen MR) is 56.6 cm³/mol. The fraction of sp³-hybridized carbons (Fsp3) is 1.00. The molecule has 0 N–H and O–H groups in total. The molecule has 3 aliphatic carbocycles. The summed E-state index contributed by atoms with van der Waals surface area (Å²) in [5, 5.41) is 0. The van der Waals surface area contributed by atoms with Crippen molar-refractivity contribution in [1.82, 2.24) is 0 Å². The van der Waals surface area contributed by atoms with Gasteiger partial charge >= 0.3 is 0 Å². The molecule has 0 aromatic rings. The van der Waals surface area contributed by atoms with Gasteiger partial charge in [-0.3, -0.25) is 0 Å². The van der Waals surface area contributed by atoms with Gasteiger partial charge in [0, 0.05) is 4.83 Å². The molecule has 2 bridgehead atoms. The molecule has 2 unspecified atom stereocenters. The van der Waals surface area contributed by atoms with Gasteiger partial charge in [-0.2, -0.15) is 0 Å². The van der Waals surface area contributed by atoms with Crippen LogP contribution in [0.2, 0.25) is 0 Å². The Labute approximate surface area is 84.2 Å². The standard InChI is InChI=1S/C11H19Br/c1-2-11(12)10-7-8-3-5-9(10)6-4-8/h8-11H,2-7H2,1H3. The maximum absolute atomic E-state index is 3.84. The lowest BCUT2D eigenvalue weighted by molar-refractivity contribution is 0.0976. The van der Waals surface area contributed by atoms with Gasteiger partial charge in [0.25, 0.3) is 0 Å². The van der Waals surface area contributed by atoms with Crippen molar-refractivity contribution in [2.75, 3.05) is 0 Å². The molecule has 3 aliphatic rings. The van der Waals surface area contributed by atoms with Gasteiger partial charge in [-0.15, -0.1) is 0 Å². The Bertz CT molecular complexity index is 147. The lowest BCUT2D eigenvalue weighted by Crippen LogP contribution is -2.35. The average molecular weight is 231 g/mol. The molecule has 0 aromatic heterocycles. The molecule has 0 heterocycles. The molecule has 2 atom stereocenters. The SMILES string of the molecule is CCC(Br)C1CC2CCC1CC2. The summed E-state index contributed by atoms with van der Waals surface area (Å²) >= 11 is 3.84. The van der Waals surface area contributed by atoms with E-state index >= 15 is 0 Å². The van der Waals surface area contributed by atoms with Crippen molar-refractivity contribution >= 4 is 15.9 Å². The summed E-state index contributed by atoms with van der Waals surface area (Å²) in [7, 11) is 0. The van der Waals surface area contributed by atoms with Gasteiger partial charge in [-0.05, 0) is 43.4 Å². The molecule has 0 aromatic carbocycles. The number of rotatable bonds is 2. The first kappa shape index (κ1) is 9.05. The first-order valence-corrected chi connectivity index (χ1v) is 6.37. The number of halogens is 1. The van der Waals surface area contributed by atoms with Crippen molar-refractivity contribution in [3.8, 4) is 0 Å². The summed E-state index contributed by atoms with van der Waals surface area (Å²) in [6.45, 7) is 2.31. The average Bonchev–Trinajstić information content (AvgIpc) is 2.18. The highest BCUT2D eigenvalue weighted by molar-refractivity contribution is 9.09. The topological polar surface area (TPSA) is 0 Å². The van der Waals surface area contributed by atoms with E-state index in [2.05, 4.69) is 22.9 Å². The Hall–Kier alpha value is 0.480. The summed E-state index contributed by atoms with van der Waals surface area (Å²) in [6, 6.07) is 0. The predicted octanol–water partition coefficient (Wildman–Crippen LogP) is 3.99. The lowest BCUT2D eigenvalue weighted by Gasteiger charge is -2.44. The zero-order chi connectivity index (χ0) is 8.55. The monoisotopic (exact) mass is 230 g/mol. The van der Waals surface area contributed by atoms with Crippen molar-refractivity contribution in [3.63, 3.8) is 0 Å². The van der Waals surface area contributed by atoms with Gasteiger partial charge in [0.1, 0.15) is 0 Å². The highest BCUT2D eigenvalue weighted by atomic mass is 79.9. The van der Waals surface area contributed by atoms with E-state index < -0.39 is 0 Å². The molecule has 0 saturated heterocycles. The summed E-state index contributed by atoms with van der Waals surface area (Å²) < 4.78 is 0. The fourth-order valence-corrected chi connectivity index (χ4v) is 3.82. The van der Waals surface area contributed by atoms with Crippen molar-refractivity contribution in [1.29, 1.82) is 0 Å². The molecule has 0 amide bonds. The molecule has 0 nitrogen and oxygen atoms in total. The third-order valence-corrected chi connectivity index (χ3v) is 5.28. The molecule has 3 saturated carbocycles. The molecule has 3 fully saturated rings. The zero-order valence-corrected chi connectivity index (χ0v) is 9.52. The first-order valence-electron chi connectivity index (χ1n) is 5.45. The van der Waals surface area contributed by atoms with Crippen molar-refractivity contribution < 1.29 is 0 Å². The third kappa shape index (κ3) is 1.57. The molecule has 0 aliphatic heterocycles. The van der Waals surface area contributed by atoms with Crippen LogP contribution in [0.5, 0.6) is 0 Å². The van der Waals surface area contributed by atoms with Crippen LogP contribution in [-0.2, 0) is 0 Å². The van der Waals surface area contributed by atoms with Gasteiger partial charge < -0.3 is 0 Å². The van der Waals surface area contributed by atoms with Gasteiger partial charge in [-0.25, -0.2) is 0 Å². The highest BCUT2D eigenvalue weighted by Crippen LogP contribution is 2.48. The number of hydrogen-bond acceptors (Lipinski definition) is 0. The van der Waals surface area contributed by atoms with Crippen molar-refractivity contribution in [3.05, 3.63) is 0 Å². The molecular weight excluding hydrogens is 212 g/mol. The molecule has 0 spiro atoms. The summed E-state index contributed by atoms with van der Waals surface area (Å²) in [4.78, 5) is 0.811. The van der Waals surface area contributed by atoms with E-state index in [1.807, 2.05) is 0 Å². The van der Waals surface area contributed by atoms with Gasteiger partial charge in [0.05, 0.1) is 0 Å². The zero-order valence-electron chi connectivity index (χ0n) is 7.93. The van der Waals surface area contributed by atoms with Crippen molar-refractivity contribution in [2.45, 2.75) is 50.3 Å².